The van der Waals surface area contributed by atoms with Crippen LogP contribution in [0.1, 0.15) is 20.8 Å². The first kappa shape index (κ1) is 17.2. The molecule has 7 heteroatoms. The lowest BCUT2D eigenvalue weighted by Crippen LogP contribution is -2.56. The molecule has 0 aromatic rings. The van der Waals surface area contributed by atoms with Gasteiger partial charge in [0.15, 0.2) is 0 Å². The van der Waals surface area contributed by atoms with Crippen molar-refractivity contribution in [3.63, 3.8) is 0 Å². The highest BCUT2D eigenvalue weighted by molar-refractivity contribution is 6.86. The fraction of sp³-hybridized carbons (Fsp3) is 1.00. The zero-order valence-electron chi connectivity index (χ0n) is 11.6. The Morgan fingerprint density at radius 1 is 0.882 bits per heavy atom. The molecular weight excluding hydrogens is 256 g/mol. The van der Waals surface area contributed by atoms with Gasteiger partial charge in [0.2, 0.25) is 0 Å². The van der Waals surface area contributed by atoms with Crippen molar-refractivity contribution in [1.29, 1.82) is 0 Å². The van der Waals surface area contributed by atoms with E-state index in [1.165, 1.54) is 0 Å². The quantitative estimate of drug-likeness (QED) is 0.613. The van der Waals surface area contributed by atoms with E-state index < -0.39 is 17.1 Å². The van der Waals surface area contributed by atoms with Gasteiger partial charge in [-0.05, 0) is 19.9 Å². The standard InChI is InChI=1S/C10H26O5Si2/c1-6-14-16(8-3,15-7-2)10-17(9-11,12-4)13-5/h11H,6-10H2,1-5H3. The molecule has 0 unspecified atom stereocenters. The summed E-state index contributed by atoms with van der Waals surface area (Å²) >= 11 is 0. The van der Waals surface area contributed by atoms with Gasteiger partial charge in [0, 0.05) is 33.1 Å². The summed E-state index contributed by atoms with van der Waals surface area (Å²) < 4.78 is 22.6. The Kier molecular flexibility index (Phi) is 8.47. The smallest absolute Gasteiger partial charge is 0.365 e. The van der Waals surface area contributed by atoms with Gasteiger partial charge in [-0.2, -0.15) is 0 Å². The van der Waals surface area contributed by atoms with Crippen LogP contribution in [0.4, 0.5) is 0 Å². The fourth-order valence-electron chi connectivity index (χ4n) is 1.82. The van der Waals surface area contributed by atoms with Crippen molar-refractivity contribution in [2.75, 3.05) is 33.7 Å². The molecule has 0 rings (SSSR count). The van der Waals surface area contributed by atoms with Gasteiger partial charge in [-0.3, -0.25) is 0 Å². The maximum atomic E-state index is 9.49. The Bertz CT molecular complexity index is 185. The first-order valence-electron chi connectivity index (χ1n) is 6.06. The van der Waals surface area contributed by atoms with Crippen molar-refractivity contribution in [3.8, 4) is 0 Å². The average molecular weight is 282 g/mol. The van der Waals surface area contributed by atoms with Gasteiger partial charge < -0.3 is 22.8 Å². The minimum Gasteiger partial charge on any atom is -0.396 e. The molecule has 0 heterocycles. The minimum atomic E-state index is -2.58. The van der Waals surface area contributed by atoms with Gasteiger partial charge in [0.1, 0.15) is 0 Å². The topological polar surface area (TPSA) is 57.2 Å². The van der Waals surface area contributed by atoms with Crippen molar-refractivity contribution >= 4 is 17.1 Å². The van der Waals surface area contributed by atoms with Crippen LogP contribution in [-0.2, 0) is 17.7 Å². The van der Waals surface area contributed by atoms with Crippen LogP contribution < -0.4 is 0 Å². The maximum absolute atomic E-state index is 9.49. The van der Waals surface area contributed by atoms with E-state index in [2.05, 4.69) is 6.92 Å². The molecule has 0 fully saturated rings. The second-order valence-corrected chi connectivity index (χ2v) is 11.3. The molecule has 0 atom stereocenters. The van der Waals surface area contributed by atoms with Crippen LogP contribution in [0.3, 0.4) is 0 Å². The van der Waals surface area contributed by atoms with Crippen LogP contribution in [-0.4, -0.2) is 55.9 Å². The summed E-state index contributed by atoms with van der Waals surface area (Å²) in [6.45, 7) is 7.20. The number of aliphatic hydroxyl groups excluding tert-OH is 1. The average Bonchev–Trinajstić information content (AvgIpc) is 2.36. The summed E-state index contributed by atoms with van der Waals surface area (Å²) in [5, 5.41) is 9.49. The first-order chi connectivity index (χ1) is 8.07. The van der Waals surface area contributed by atoms with Gasteiger partial charge in [0.05, 0.1) is 6.23 Å². The van der Waals surface area contributed by atoms with Crippen molar-refractivity contribution in [2.45, 2.75) is 32.5 Å². The summed E-state index contributed by atoms with van der Waals surface area (Å²) in [6.07, 6.45) is -0.0745. The van der Waals surface area contributed by atoms with Crippen LogP contribution in [0.2, 0.25) is 11.7 Å². The van der Waals surface area contributed by atoms with Crippen LogP contribution >= 0.6 is 0 Å². The van der Waals surface area contributed by atoms with Gasteiger partial charge in [-0.25, -0.2) is 0 Å². The highest BCUT2D eigenvalue weighted by Gasteiger charge is 2.49. The largest absolute Gasteiger partial charge is 0.396 e. The predicted molar refractivity (Wildman–Crippen MR) is 71.2 cm³/mol. The Morgan fingerprint density at radius 2 is 1.35 bits per heavy atom. The molecule has 0 bridgehead atoms. The minimum absolute atomic E-state index is 0.0745. The molecule has 0 aromatic carbocycles. The molecule has 0 radical (unpaired) electrons. The molecule has 0 aliphatic carbocycles. The summed E-state index contributed by atoms with van der Waals surface area (Å²) in [7, 11) is -1.73. The van der Waals surface area contributed by atoms with Crippen LogP contribution in [0.25, 0.3) is 0 Å². The summed E-state index contributed by atoms with van der Waals surface area (Å²) in [5.74, 6) is 0. The summed E-state index contributed by atoms with van der Waals surface area (Å²) in [5.41, 5.74) is 0.599. The Labute approximate surface area is 107 Å². The van der Waals surface area contributed by atoms with Crippen molar-refractivity contribution in [3.05, 3.63) is 0 Å². The molecular formula is C10H26O5Si2. The van der Waals surface area contributed by atoms with E-state index in [1.807, 2.05) is 13.8 Å². The Morgan fingerprint density at radius 3 is 1.59 bits per heavy atom. The first-order valence-corrected chi connectivity index (χ1v) is 10.5. The number of aliphatic hydroxyl groups is 1. The molecule has 0 aromatic heterocycles. The molecule has 0 saturated heterocycles. The second kappa shape index (κ2) is 8.36. The van der Waals surface area contributed by atoms with Crippen molar-refractivity contribution < 1.29 is 22.8 Å². The van der Waals surface area contributed by atoms with Crippen LogP contribution in [0.15, 0.2) is 0 Å². The molecule has 0 spiro atoms. The molecule has 0 aliphatic heterocycles. The number of hydrogen-bond donors (Lipinski definition) is 1. The van der Waals surface area contributed by atoms with Gasteiger partial charge in [-0.1, -0.05) is 6.92 Å². The van der Waals surface area contributed by atoms with E-state index in [1.54, 1.807) is 14.2 Å². The van der Waals surface area contributed by atoms with E-state index >= 15 is 0 Å². The molecule has 1 N–H and O–H groups in total. The molecule has 0 aliphatic rings. The Balaban J connectivity index is 4.91. The zero-order valence-corrected chi connectivity index (χ0v) is 13.6. The van der Waals surface area contributed by atoms with Crippen LogP contribution in [0.5, 0.6) is 0 Å². The van der Waals surface area contributed by atoms with Crippen molar-refractivity contribution in [1.82, 2.24) is 0 Å². The van der Waals surface area contributed by atoms with E-state index in [0.717, 1.165) is 6.04 Å². The maximum Gasteiger partial charge on any atom is 0.365 e. The number of rotatable bonds is 10. The van der Waals surface area contributed by atoms with Crippen molar-refractivity contribution in [2.24, 2.45) is 0 Å². The summed E-state index contributed by atoms with van der Waals surface area (Å²) in [6, 6.07) is 0.830. The van der Waals surface area contributed by atoms with Gasteiger partial charge in [0.25, 0.3) is 0 Å². The molecule has 0 amide bonds. The monoisotopic (exact) mass is 282 g/mol. The Hall–Kier alpha value is 0.234. The number of hydrogen-bond acceptors (Lipinski definition) is 5. The SMILES string of the molecule is CCO[Si](CC)(C[Si](CO)(OC)OC)OCC. The third-order valence-electron chi connectivity index (χ3n) is 2.88. The van der Waals surface area contributed by atoms with Gasteiger partial charge >= 0.3 is 17.1 Å². The normalized spacial score (nSPS) is 13.1. The molecule has 5 nitrogen and oxygen atoms in total. The highest BCUT2D eigenvalue weighted by Crippen LogP contribution is 2.26. The lowest BCUT2D eigenvalue weighted by Gasteiger charge is -2.35. The van der Waals surface area contributed by atoms with E-state index in [9.17, 15) is 5.11 Å². The third-order valence-corrected chi connectivity index (χ3v) is 11.9. The molecule has 0 saturated carbocycles. The second-order valence-electron chi connectivity index (χ2n) is 3.78. The lowest BCUT2D eigenvalue weighted by molar-refractivity contribution is 0.168. The van der Waals surface area contributed by atoms with Gasteiger partial charge in [-0.15, -0.1) is 0 Å². The summed E-state index contributed by atoms with van der Waals surface area (Å²) in [4.78, 5) is 0. The predicted octanol–water partition coefficient (Wildman–Crippen LogP) is 1.33. The zero-order chi connectivity index (χ0) is 13.4. The molecule has 17 heavy (non-hydrogen) atoms. The highest BCUT2D eigenvalue weighted by atomic mass is 28.4. The van der Waals surface area contributed by atoms with E-state index in [4.69, 9.17) is 17.7 Å². The molecule has 104 valence electrons. The third kappa shape index (κ3) is 4.78. The van der Waals surface area contributed by atoms with Crippen LogP contribution in [0, 0.1) is 0 Å². The van der Waals surface area contributed by atoms with E-state index in [-0.39, 0.29) is 6.23 Å². The van der Waals surface area contributed by atoms with E-state index in [0.29, 0.717) is 18.9 Å². The lowest BCUT2D eigenvalue weighted by atomic mass is 10.9. The fourth-order valence-corrected chi connectivity index (χ4v) is 10.5.